The molecule has 1 N–H and O–H groups in total. The van der Waals surface area contributed by atoms with Crippen LogP contribution < -0.4 is 9.46 Å². The molecule has 0 aliphatic heterocycles. The molecular weight excluding hydrogens is 599 g/mol. The first-order chi connectivity index (χ1) is 19.6. The molecule has 1 aromatic heterocycles. The van der Waals surface area contributed by atoms with E-state index in [0.29, 0.717) is 44.5 Å². The molecule has 1 atom stereocenters. The van der Waals surface area contributed by atoms with Gasteiger partial charge in [-0.05, 0) is 61.2 Å². The first-order valence-electron chi connectivity index (χ1n) is 13.4. The molecule has 0 radical (unpaired) electrons. The lowest BCUT2D eigenvalue weighted by atomic mass is 10.0. The average Bonchev–Trinajstić information content (AvgIpc) is 3.36. The lowest BCUT2D eigenvalue weighted by molar-refractivity contribution is 0.417. The molecule has 1 heterocycles. The predicted octanol–water partition coefficient (Wildman–Crippen LogP) is 8.74. The Kier molecular flexibility index (Phi) is 10.6. The molecule has 41 heavy (non-hydrogen) atoms. The fourth-order valence-electron chi connectivity index (χ4n) is 4.44. The Balaban J connectivity index is 1.67. The van der Waals surface area contributed by atoms with E-state index in [2.05, 4.69) is 40.3 Å². The van der Waals surface area contributed by atoms with Crippen LogP contribution in [0.3, 0.4) is 0 Å². The first kappa shape index (κ1) is 31.2. The smallest absolute Gasteiger partial charge is 0.262 e. The van der Waals surface area contributed by atoms with Crippen molar-refractivity contribution in [1.82, 2.24) is 14.8 Å². The van der Waals surface area contributed by atoms with E-state index in [-0.39, 0.29) is 10.9 Å². The number of ether oxygens (including phenoxy) is 1. The van der Waals surface area contributed by atoms with Crippen LogP contribution in [-0.4, -0.2) is 30.3 Å². The highest BCUT2D eigenvalue weighted by atomic mass is 35.5. The first-order valence-corrected chi connectivity index (χ1v) is 16.6. The van der Waals surface area contributed by atoms with Gasteiger partial charge in [-0.1, -0.05) is 92.0 Å². The lowest BCUT2D eigenvalue weighted by Crippen LogP contribution is -2.14. The van der Waals surface area contributed by atoms with Gasteiger partial charge in [0.2, 0.25) is 0 Å². The van der Waals surface area contributed by atoms with Crippen LogP contribution in [0.25, 0.3) is 11.4 Å². The highest BCUT2D eigenvalue weighted by Crippen LogP contribution is 2.34. The summed E-state index contributed by atoms with van der Waals surface area (Å²) in [7, 11) is -2.40. The Bertz CT molecular complexity index is 1590. The third kappa shape index (κ3) is 7.97. The van der Waals surface area contributed by atoms with Crippen molar-refractivity contribution in [2.45, 2.75) is 61.9 Å². The third-order valence-corrected chi connectivity index (χ3v) is 9.58. The SMILES string of the molecule is COc1ccccc1NS(=O)(=O)c1cccc(-c2nnc(SCc3ccc(Cl)cc3Cl)n2[C@@H](C)CCCC(C)C)c1. The van der Waals surface area contributed by atoms with E-state index >= 15 is 0 Å². The van der Waals surface area contributed by atoms with Crippen molar-refractivity contribution in [2.24, 2.45) is 5.92 Å². The molecule has 0 amide bonds. The van der Waals surface area contributed by atoms with Gasteiger partial charge >= 0.3 is 0 Å². The minimum absolute atomic E-state index is 0.0916. The van der Waals surface area contributed by atoms with Crippen LogP contribution in [0.5, 0.6) is 5.75 Å². The second-order valence-electron chi connectivity index (χ2n) is 10.2. The van der Waals surface area contributed by atoms with Gasteiger partial charge in [0.05, 0.1) is 17.7 Å². The van der Waals surface area contributed by atoms with Crippen molar-refractivity contribution in [3.05, 3.63) is 82.3 Å². The number of methoxy groups -OCH3 is 1. The van der Waals surface area contributed by atoms with E-state index in [1.807, 2.05) is 18.2 Å². The molecule has 0 bridgehead atoms. The Hall–Kier alpha value is -2.72. The van der Waals surface area contributed by atoms with Gasteiger partial charge in [0.25, 0.3) is 10.0 Å². The maximum Gasteiger partial charge on any atom is 0.262 e. The summed E-state index contributed by atoms with van der Waals surface area (Å²) in [5.74, 6) is 2.25. The second-order valence-corrected chi connectivity index (χ2v) is 13.7. The molecule has 0 aliphatic carbocycles. The highest BCUT2D eigenvalue weighted by molar-refractivity contribution is 7.98. The summed E-state index contributed by atoms with van der Waals surface area (Å²) in [5.41, 5.74) is 1.97. The number of hydrogen-bond donors (Lipinski definition) is 1. The lowest BCUT2D eigenvalue weighted by Gasteiger charge is -2.19. The number of hydrogen-bond acceptors (Lipinski definition) is 6. The molecule has 218 valence electrons. The summed E-state index contributed by atoms with van der Waals surface area (Å²) in [4.78, 5) is 0.116. The summed E-state index contributed by atoms with van der Waals surface area (Å²) in [6.07, 6.45) is 3.11. The number of anilines is 1. The van der Waals surface area contributed by atoms with Gasteiger partial charge in [-0.2, -0.15) is 0 Å². The molecule has 7 nitrogen and oxygen atoms in total. The maximum absolute atomic E-state index is 13.4. The van der Waals surface area contributed by atoms with E-state index in [9.17, 15) is 8.42 Å². The van der Waals surface area contributed by atoms with E-state index < -0.39 is 10.0 Å². The standard InChI is InChI=1S/C30H34Cl2N4O3S2/c1-20(2)9-7-10-21(3)36-29(33-34-30(36)40-19-23-15-16-24(31)18-26(23)32)22-11-8-12-25(17-22)41(37,38)35-27-13-5-6-14-28(27)39-4/h5-6,8,11-18,20-21,35H,7,9-10,19H2,1-4H3/t21-/m0/s1. The summed E-state index contributed by atoms with van der Waals surface area (Å²) >= 11 is 14.0. The van der Waals surface area contributed by atoms with Crippen molar-refractivity contribution in [2.75, 3.05) is 11.8 Å². The molecule has 4 aromatic rings. The number of para-hydroxylation sites is 2. The van der Waals surface area contributed by atoms with Gasteiger partial charge in [-0.25, -0.2) is 8.42 Å². The van der Waals surface area contributed by atoms with Gasteiger partial charge in [0.15, 0.2) is 11.0 Å². The number of aromatic nitrogens is 3. The van der Waals surface area contributed by atoms with Crippen molar-refractivity contribution < 1.29 is 13.2 Å². The molecule has 11 heteroatoms. The minimum atomic E-state index is -3.90. The van der Waals surface area contributed by atoms with E-state index in [0.717, 1.165) is 30.0 Å². The van der Waals surface area contributed by atoms with Gasteiger partial charge < -0.3 is 4.74 Å². The molecule has 0 fully saturated rings. The fraction of sp³-hybridized carbons (Fsp3) is 0.333. The van der Waals surface area contributed by atoms with Crippen LogP contribution in [0.4, 0.5) is 5.69 Å². The molecule has 4 rings (SSSR count). The van der Waals surface area contributed by atoms with E-state index in [1.54, 1.807) is 48.5 Å². The van der Waals surface area contributed by atoms with E-state index in [1.165, 1.54) is 18.9 Å². The zero-order chi connectivity index (χ0) is 29.6. The quantitative estimate of drug-likeness (QED) is 0.148. The molecular formula is C30H34Cl2N4O3S2. The van der Waals surface area contributed by atoms with Crippen LogP contribution in [-0.2, 0) is 15.8 Å². The molecule has 0 unspecified atom stereocenters. The Labute approximate surface area is 256 Å². The second kappa shape index (κ2) is 14.0. The largest absolute Gasteiger partial charge is 0.495 e. The molecule has 3 aromatic carbocycles. The number of rotatable bonds is 13. The molecule has 0 saturated heterocycles. The zero-order valence-corrected chi connectivity index (χ0v) is 26.6. The summed E-state index contributed by atoms with van der Waals surface area (Å²) in [6, 6.07) is 19.2. The Morgan fingerprint density at radius 2 is 1.76 bits per heavy atom. The maximum atomic E-state index is 13.4. The molecule has 0 saturated carbocycles. The number of nitrogens with zero attached hydrogens (tertiary/aromatic N) is 3. The summed E-state index contributed by atoms with van der Waals surface area (Å²) in [5, 5.41) is 11.0. The van der Waals surface area contributed by atoms with Crippen molar-refractivity contribution in [3.63, 3.8) is 0 Å². The molecule has 0 aliphatic rings. The molecule has 0 spiro atoms. The number of nitrogens with one attached hydrogen (secondary N) is 1. The number of sulfonamides is 1. The van der Waals surface area contributed by atoms with Crippen molar-refractivity contribution >= 4 is 50.7 Å². The van der Waals surface area contributed by atoms with Gasteiger partial charge in [-0.15, -0.1) is 10.2 Å². The zero-order valence-electron chi connectivity index (χ0n) is 23.5. The summed E-state index contributed by atoms with van der Waals surface area (Å²) in [6.45, 7) is 6.59. The van der Waals surface area contributed by atoms with Gasteiger partial charge in [0, 0.05) is 27.4 Å². The van der Waals surface area contributed by atoms with Crippen LogP contribution >= 0.6 is 35.0 Å². The highest BCUT2D eigenvalue weighted by Gasteiger charge is 2.22. The summed E-state index contributed by atoms with van der Waals surface area (Å²) < 4.78 is 36.8. The van der Waals surface area contributed by atoms with Crippen molar-refractivity contribution in [1.29, 1.82) is 0 Å². The van der Waals surface area contributed by atoms with Gasteiger partial charge in [0.1, 0.15) is 5.75 Å². The fourth-order valence-corrected chi connectivity index (χ4v) is 7.15. The average molecular weight is 634 g/mol. The predicted molar refractivity (Wildman–Crippen MR) is 169 cm³/mol. The number of thioether (sulfide) groups is 1. The van der Waals surface area contributed by atoms with Crippen LogP contribution in [0.15, 0.2) is 76.8 Å². The van der Waals surface area contributed by atoms with Gasteiger partial charge in [-0.3, -0.25) is 9.29 Å². The Morgan fingerprint density at radius 1 is 0.976 bits per heavy atom. The van der Waals surface area contributed by atoms with Crippen LogP contribution in [0, 0.1) is 5.92 Å². The Morgan fingerprint density at radius 3 is 2.49 bits per heavy atom. The minimum Gasteiger partial charge on any atom is -0.495 e. The number of benzene rings is 3. The monoisotopic (exact) mass is 632 g/mol. The normalized spacial score (nSPS) is 12.5. The van der Waals surface area contributed by atoms with Crippen molar-refractivity contribution in [3.8, 4) is 17.1 Å². The van der Waals surface area contributed by atoms with Crippen LogP contribution in [0.2, 0.25) is 10.0 Å². The number of halogens is 2. The topological polar surface area (TPSA) is 86.1 Å². The van der Waals surface area contributed by atoms with E-state index in [4.69, 9.17) is 27.9 Å². The third-order valence-electron chi connectivity index (χ3n) is 6.63. The van der Waals surface area contributed by atoms with Crippen LogP contribution in [0.1, 0.15) is 51.6 Å².